The summed E-state index contributed by atoms with van der Waals surface area (Å²) in [7, 11) is 0. The second-order valence-electron chi connectivity index (χ2n) is 6.01. The molecule has 0 radical (unpaired) electrons. The highest BCUT2D eigenvalue weighted by molar-refractivity contribution is 5.38. The predicted molar refractivity (Wildman–Crippen MR) is 85.5 cm³/mol. The third kappa shape index (κ3) is 4.19. The smallest absolute Gasteiger partial charge is 0.123 e. The standard InChI is InChI=1S/C17H28N2O2/c1-5-20-17-7-6-15(14(4)18)8-16(17)10-19-9-13(3)21-11-12(19)2/h6-8,12-14H,5,9-11,18H2,1-4H3. The summed E-state index contributed by atoms with van der Waals surface area (Å²) in [5, 5.41) is 0. The molecule has 2 rings (SSSR count). The Morgan fingerprint density at radius 3 is 2.86 bits per heavy atom. The number of hydrogen-bond acceptors (Lipinski definition) is 4. The molecule has 4 heteroatoms. The summed E-state index contributed by atoms with van der Waals surface area (Å²) in [5.41, 5.74) is 8.39. The second kappa shape index (κ2) is 7.25. The van der Waals surface area contributed by atoms with Crippen LogP contribution in [0.5, 0.6) is 5.75 Å². The quantitative estimate of drug-likeness (QED) is 0.906. The van der Waals surface area contributed by atoms with Gasteiger partial charge in [-0.25, -0.2) is 0 Å². The van der Waals surface area contributed by atoms with Gasteiger partial charge in [0, 0.05) is 30.7 Å². The number of nitrogens with two attached hydrogens (primary N) is 1. The van der Waals surface area contributed by atoms with Crippen molar-refractivity contribution in [2.45, 2.75) is 52.4 Å². The molecule has 2 N–H and O–H groups in total. The van der Waals surface area contributed by atoms with Crippen molar-refractivity contribution >= 4 is 0 Å². The summed E-state index contributed by atoms with van der Waals surface area (Å²) in [6.07, 6.45) is 0.286. The molecule has 0 amide bonds. The number of rotatable bonds is 5. The van der Waals surface area contributed by atoms with Crippen LogP contribution in [-0.4, -0.2) is 36.8 Å². The van der Waals surface area contributed by atoms with Crippen molar-refractivity contribution in [2.75, 3.05) is 19.8 Å². The highest BCUT2D eigenvalue weighted by Crippen LogP contribution is 2.26. The van der Waals surface area contributed by atoms with E-state index < -0.39 is 0 Å². The lowest BCUT2D eigenvalue weighted by Crippen LogP contribution is -2.46. The minimum absolute atomic E-state index is 0.0421. The van der Waals surface area contributed by atoms with Gasteiger partial charge in [-0.15, -0.1) is 0 Å². The zero-order valence-corrected chi connectivity index (χ0v) is 13.6. The highest BCUT2D eigenvalue weighted by atomic mass is 16.5. The molecule has 1 aliphatic rings. The number of benzene rings is 1. The normalized spacial score (nSPS) is 24.8. The summed E-state index contributed by atoms with van der Waals surface area (Å²) in [5.74, 6) is 0.966. The Hall–Kier alpha value is -1.10. The van der Waals surface area contributed by atoms with E-state index in [1.54, 1.807) is 0 Å². The Morgan fingerprint density at radius 1 is 1.43 bits per heavy atom. The maximum absolute atomic E-state index is 6.01. The molecule has 1 saturated heterocycles. The third-order valence-corrected chi connectivity index (χ3v) is 4.02. The number of hydrogen-bond donors (Lipinski definition) is 1. The van der Waals surface area contributed by atoms with Crippen molar-refractivity contribution in [3.63, 3.8) is 0 Å². The molecule has 118 valence electrons. The number of nitrogens with zero attached hydrogens (tertiary/aromatic N) is 1. The van der Waals surface area contributed by atoms with E-state index in [2.05, 4.69) is 30.9 Å². The van der Waals surface area contributed by atoms with Crippen LogP contribution < -0.4 is 10.5 Å². The second-order valence-corrected chi connectivity index (χ2v) is 6.01. The minimum atomic E-state index is 0.0421. The van der Waals surface area contributed by atoms with Crippen molar-refractivity contribution in [3.05, 3.63) is 29.3 Å². The zero-order valence-electron chi connectivity index (χ0n) is 13.6. The molecule has 0 saturated carbocycles. The van der Waals surface area contributed by atoms with Crippen LogP contribution in [0.4, 0.5) is 0 Å². The zero-order chi connectivity index (χ0) is 15.4. The average Bonchev–Trinajstić information content (AvgIpc) is 2.44. The summed E-state index contributed by atoms with van der Waals surface area (Å²) in [6.45, 7) is 11.7. The SMILES string of the molecule is CCOc1ccc(C(C)N)cc1CN1CC(C)OCC1C. The van der Waals surface area contributed by atoms with E-state index in [1.807, 2.05) is 19.9 Å². The van der Waals surface area contributed by atoms with E-state index in [0.717, 1.165) is 31.0 Å². The van der Waals surface area contributed by atoms with Crippen LogP contribution in [0, 0.1) is 0 Å². The van der Waals surface area contributed by atoms with Gasteiger partial charge in [0.25, 0.3) is 0 Å². The van der Waals surface area contributed by atoms with Crippen LogP contribution in [-0.2, 0) is 11.3 Å². The molecule has 0 spiro atoms. The highest BCUT2D eigenvalue weighted by Gasteiger charge is 2.24. The fourth-order valence-electron chi connectivity index (χ4n) is 2.71. The molecule has 1 fully saturated rings. The van der Waals surface area contributed by atoms with Crippen LogP contribution in [0.2, 0.25) is 0 Å². The Bertz CT molecular complexity index is 462. The van der Waals surface area contributed by atoms with Gasteiger partial charge < -0.3 is 15.2 Å². The van der Waals surface area contributed by atoms with Crippen molar-refractivity contribution in [1.29, 1.82) is 0 Å². The molecule has 1 aromatic rings. The van der Waals surface area contributed by atoms with Gasteiger partial charge in [-0.05, 0) is 45.4 Å². The molecule has 1 aromatic carbocycles. The van der Waals surface area contributed by atoms with Crippen molar-refractivity contribution in [2.24, 2.45) is 5.73 Å². The van der Waals surface area contributed by atoms with Crippen molar-refractivity contribution in [3.8, 4) is 5.75 Å². The lowest BCUT2D eigenvalue weighted by atomic mass is 10.0. The Morgan fingerprint density at radius 2 is 2.19 bits per heavy atom. The van der Waals surface area contributed by atoms with Crippen LogP contribution >= 0.6 is 0 Å². The number of ether oxygens (including phenoxy) is 2. The average molecular weight is 292 g/mol. The third-order valence-electron chi connectivity index (χ3n) is 4.02. The van der Waals surface area contributed by atoms with Gasteiger partial charge in [-0.2, -0.15) is 0 Å². The van der Waals surface area contributed by atoms with E-state index in [4.69, 9.17) is 15.2 Å². The van der Waals surface area contributed by atoms with E-state index in [0.29, 0.717) is 12.6 Å². The van der Waals surface area contributed by atoms with Gasteiger partial charge in [0.2, 0.25) is 0 Å². The van der Waals surface area contributed by atoms with Gasteiger partial charge in [-0.1, -0.05) is 6.07 Å². The fraction of sp³-hybridized carbons (Fsp3) is 0.647. The summed E-state index contributed by atoms with van der Waals surface area (Å²) in [6, 6.07) is 6.76. The molecule has 4 nitrogen and oxygen atoms in total. The molecule has 3 unspecified atom stereocenters. The first-order valence-corrected chi connectivity index (χ1v) is 7.88. The summed E-state index contributed by atoms with van der Waals surface area (Å²) >= 11 is 0. The molecule has 1 heterocycles. The first-order valence-electron chi connectivity index (χ1n) is 7.88. The van der Waals surface area contributed by atoms with E-state index in [9.17, 15) is 0 Å². The molecule has 0 aromatic heterocycles. The maximum atomic E-state index is 6.01. The summed E-state index contributed by atoms with van der Waals surface area (Å²) < 4.78 is 11.5. The lowest BCUT2D eigenvalue weighted by molar-refractivity contribution is -0.0528. The van der Waals surface area contributed by atoms with E-state index in [1.165, 1.54) is 5.56 Å². The Balaban J connectivity index is 2.21. The Labute approximate surface area is 128 Å². The van der Waals surface area contributed by atoms with Crippen LogP contribution in [0.3, 0.4) is 0 Å². The molecule has 0 aliphatic carbocycles. The van der Waals surface area contributed by atoms with Crippen LogP contribution in [0.15, 0.2) is 18.2 Å². The van der Waals surface area contributed by atoms with Crippen molar-refractivity contribution < 1.29 is 9.47 Å². The van der Waals surface area contributed by atoms with Gasteiger partial charge in [0.1, 0.15) is 5.75 Å². The van der Waals surface area contributed by atoms with E-state index in [-0.39, 0.29) is 12.1 Å². The van der Waals surface area contributed by atoms with Crippen molar-refractivity contribution in [1.82, 2.24) is 4.90 Å². The van der Waals surface area contributed by atoms with Crippen LogP contribution in [0.25, 0.3) is 0 Å². The topological polar surface area (TPSA) is 47.7 Å². The first-order chi connectivity index (χ1) is 10.0. The predicted octanol–water partition coefficient (Wildman–Crippen LogP) is 2.71. The van der Waals surface area contributed by atoms with Crippen LogP contribution in [0.1, 0.15) is 44.9 Å². The largest absolute Gasteiger partial charge is 0.494 e. The monoisotopic (exact) mass is 292 g/mol. The molecule has 3 atom stereocenters. The minimum Gasteiger partial charge on any atom is -0.494 e. The first kappa shape index (κ1) is 16.3. The molecule has 21 heavy (non-hydrogen) atoms. The Kier molecular flexibility index (Phi) is 5.62. The molecule has 1 aliphatic heterocycles. The van der Waals surface area contributed by atoms with Gasteiger partial charge in [-0.3, -0.25) is 4.90 Å². The molecule has 0 bridgehead atoms. The lowest BCUT2D eigenvalue weighted by Gasteiger charge is -2.37. The summed E-state index contributed by atoms with van der Waals surface area (Å²) in [4.78, 5) is 2.46. The molecular formula is C17H28N2O2. The number of morpholine rings is 1. The molecular weight excluding hydrogens is 264 g/mol. The van der Waals surface area contributed by atoms with Gasteiger partial charge in [0.05, 0.1) is 19.3 Å². The fourth-order valence-corrected chi connectivity index (χ4v) is 2.71. The maximum Gasteiger partial charge on any atom is 0.123 e. The van der Waals surface area contributed by atoms with Gasteiger partial charge in [0.15, 0.2) is 0 Å². The van der Waals surface area contributed by atoms with Gasteiger partial charge >= 0.3 is 0 Å². The van der Waals surface area contributed by atoms with E-state index >= 15 is 0 Å².